The quantitative estimate of drug-likeness (QED) is 0.829. The molecule has 1 aromatic carbocycles. The summed E-state index contributed by atoms with van der Waals surface area (Å²) in [5.74, 6) is -0.298. The van der Waals surface area contributed by atoms with E-state index in [1.165, 1.54) is 19.2 Å². The molecule has 1 saturated heterocycles. The molecule has 1 aromatic rings. The number of ether oxygens (including phenoxy) is 1. The van der Waals surface area contributed by atoms with E-state index in [0.717, 1.165) is 19.4 Å². The molecule has 1 fully saturated rings. The first-order valence-electron chi connectivity index (χ1n) is 6.46. The van der Waals surface area contributed by atoms with Crippen LogP contribution in [-0.4, -0.2) is 40.6 Å². The molecule has 1 aliphatic rings. The number of amides is 1. The maximum Gasteiger partial charge on any atom is 0.251 e. The smallest absolute Gasteiger partial charge is 0.251 e. The Labute approximate surface area is 118 Å². The van der Waals surface area contributed by atoms with Crippen LogP contribution in [0.2, 0.25) is 0 Å². The van der Waals surface area contributed by atoms with Gasteiger partial charge < -0.3 is 10.1 Å². The van der Waals surface area contributed by atoms with Crippen LogP contribution in [-0.2, 0) is 14.8 Å². The van der Waals surface area contributed by atoms with Crippen molar-refractivity contribution in [3.8, 4) is 0 Å². The molecule has 1 heterocycles. The maximum atomic E-state index is 12.0. The second kappa shape index (κ2) is 6.34. The molecule has 0 aromatic heterocycles. The van der Waals surface area contributed by atoms with Gasteiger partial charge in [0.1, 0.15) is 0 Å². The summed E-state index contributed by atoms with van der Waals surface area (Å²) in [4.78, 5) is 12.1. The maximum absolute atomic E-state index is 12.0. The van der Waals surface area contributed by atoms with Crippen LogP contribution in [0.25, 0.3) is 0 Å². The van der Waals surface area contributed by atoms with Crippen molar-refractivity contribution < 1.29 is 17.9 Å². The molecule has 1 amide bonds. The van der Waals surface area contributed by atoms with Crippen LogP contribution >= 0.6 is 0 Å². The number of benzene rings is 1. The van der Waals surface area contributed by atoms with Crippen molar-refractivity contribution in [3.05, 3.63) is 29.8 Å². The van der Waals surface area contributed by atoms with Gasteiger partial charge in [-0.25, -0.2) is 13.1 Å². The average molecular weight is 298 g/mol. The molecule has 6 nitrogen and oxygen atoms in total. The lowest BCUT2D eigenvalue weighted by atomic mass is 10.2. The highest BCUT2D eigenvalue weighted by molar-refractivity contribution is 7.89. The van der Waals surface area contributed by atoms with Crippen LogP contribution in [0.5, 0.6) is 0 Å². The number of carbonyl (C=O) groups is 1. The van der Waals surface area contributed by atoms with E-state index in [-0.39, 0.29) is 16.9 Å². The summed E-state index contributed by atoms with van der Waals surface area (Å²) in [6, 6.07) is 5.93. The SMILES string of the molecule is CNS(=O)(=O)c1cccc(C(=O)NC[C@@H]2CCCO2)c1. The number of nitrogens with one attached hydrogen (secondary N) is 2. The fraction of sp³-hybridized carbons (Fsp3) is 0.462. The zero-order chi connectivity index (χ0) is 14.6. The predicted octanol–water partition coefficient (Wildman–Crippen LogP) is 0.503. The molecule has 110 valence electrons. The summed E-state index contributed by atoms with van der Waals surface area (Å²) in [7, 11) is -2.21. The van der Waals surface area contributed by atoms with Gasteiger partial charge >= 0.3 is 0 Å². The van der Waals surface area contributed by atoms with Gasteiger partial charge in [0.2, 0.25) is 10.0 Å². The van der Waals surface area contributed by atoms with Crippen LogP contribution in [0.3, 0.4) is 0 Å². The highest BCUT2D eigenvalue weighted by atomic mass is 32.2. The minimum Gasteiger partial charge on any atom is -0.376 e. The molecule has 0 unspecified atom stereocenters. The largest absolute Gasteiger partial charge is 0.376 e. The molecular formula is C13H18N2O4S. The van der Waals surface area contributed by atoms with Gasteiger partial charge in [-0.2, -0.15) is 0 Å². The highest BCUT2D eigenvalue weighted by Crippen LogP contribution is 2.13. The van der Waals surface area contributed by atoms with E-state index in [2.05, 4.69) is 10.0 Å². The Morgan fingerprint density at radius 3 is 2.90 bits per heavy atom. The summed E-state index contributed by atoms with van der Waals surface area (Å²) < 4.78 is 31.0. The van der Waals surface area contributed by atoms with Gasteiger partial charge in [-0.3, -0.25) is 4.79 Å². The fourth-order valence-corrected chi connectivity index (χ4v) is 2.81. The third-order valence-corrected chi connectivity index (χ3v) is 4.60. The van der Waals surface area contributed by atoms with Crippen molar-refractivity contribution >= 4 is 15.9 Å². The van der Waals surface area contributed by atoms with Crippen LogP contribution < -0.4 is 10.0 Å². The monoisotopic (exact) mass is 298 g/mol. The molecule has 2 N–H and O–H groups in total. The zero-order valence-corrected chi connectivity index (χ0v) is 12.1. The minimum absolute atomic E-state index is 0.0585. The second-order valence-corrected chi connectivity index (χ2v) is 6.47. The van der Waals surface area contributed by atoms with Crippen molar-refractivity contribution in [1.82, 2.24) is 10.0 Å². The Bertz CT molecular complexity index is 580. The molecule has 1 atom stereocenters. The number of sulfonamides is 1. The van der Waals surface area contributed by atoms with Crippen molar-refractivity contribution in [2.75, 3.05) is 20.2 Å². The van der Waals surface area contributed by atoms with E-state index in [4.69, 9.17) is 4.74 Å². The number of carbonyl (C=O) groups excluding carboxylic acids is 1. The molecule has 0 aliphatic carbocycles. The van der Waals surface area contributed by atoms with Gasteiger partial charge in [0.25, 0.3) is 5.91 Å². The lowest BCUT2D eigenvalue weighted by Gasteiger charge is -2.11. The summed E-state index contributed by atoms with van der Waals surface area (Å²) in [5, 5.41) is 2.76. The topological polar surface area (TPSA) is 84.5 Å². The van der Waals surface area contributed by atoms with Crippen molar-refractivity contribution in [3.63, 3.8) is 0 Å². The summed E-state index contributed by atoms with van der Waals surface area (Å²) in [5.41, 5.74) is 0.319. The summed E-state index contributed by atoms with van der Waals surface area (Å²) in [6.07, 6.45) is 2.01. The van der Waals surface area contributed by atoms with Crippen molar-refractivity contribution in [2.45, 2.75) is 23.8 Å². The van der Waals surface area contributed by atoms with Gasteiger partial charge in [-0.05, 0) is 38.1 Å². The zero-order valence-electron chi connectivity index (χ0n) is 11.3. The lowest BCUT2D eigenvalue weighted by Crippen LogP contribution is -2.31. The highest BCUT2D eigenvalue weighted by Gasteiger charge is 2.18. The van der Waals surface area contributed by atoms with E-state index in [1.807, 2.05) is 0 Å². The minimum atomic E-state index is -3.54. The average Bonchev–Trinajstić information content (AvgIpc) is 2.98. The Kier molecular flexibility index (Phi) is 4.74. The molecule has 20 heavy (non-hydrogen) atoms. The number of rotatable bonds is 5. The second-order valence-electron chi connectivity index (χ2n) is 4.58. The van der Waals surface area contributed by atoms with Crippen LogP contribution in [0, 0.1) is 0 Å². The van der Waals surface area contributed by atoms with Crippen LogP contribution in [0.15, 0.2) is 29.2 Å². The van der Waals surface area contributed by atoms with Crippen LogP contribution in [0.1, 0.15) is 23.2 Å². The van der Waals surface area contributed by atoms with E-state index in [1.54, 1.807) is 12.1 Å². The Hall–Kier alpha value is -1.44. The van der Waals surface area contributed by atoms with E-state index < -0.39 is 10.0 Å². The molecule has 7 heteroatoms. The van der Waals surface area contributed by atoms with E-state index in [0.29, 0.717) is 12.1 Å². The van der Waals surface area contributed by atoms with Gasteiger partial charge in [-0.1, -0.05) is 6.07 Å². The van der Waals surface area contributed by atoms with Crippen molar-refractivity contribution in [1.29, 1.82) is 0 Å². The normalized spacial score (nSPS) is 18.9. The van der Waals surface area contributed by atoms with Gasteiger partial charge in [0, 0.05) is 18.7 Å². The molecule has 2 rings (SSSR count). The Morgan fingerprint density at radius 2 is 2.25 bits per heavy atom. The number of hydrogen-bond acceptors (Lipinski definition) is 4. The van der Waals surface area contributed by atoms with E-state index in [9.17, 15) is 13.2 Å². The molecular weight excluding hydrogens is 280 g/mol. The van der Waals surface area contributed by atoms with Crippen molar-refractivity contribution in [2.24, 2.45) is 0 Å². The third-order valence-electron chi connectivity index (χ3n) is 3.19. The molecule has 0 radical (unpaired) electrons. The van der Waals surface area contributed by atoms with Gasteiger partial charge in [0.05, 0.1) is 11.0 Å². The van der Waals surface area contributed by atoms with Gasteiger partial charge in [-0.15, -0.1) is 0 Å². The number of hydrogen-bond donors (Lipinski definition) is 2. The Balaban J connectivity index is 2.04. The standard InChI is InChI=1S/C13H18N2O4S/c1-14-20(17,18)12-6-2-4-10(8-12)13(16)15-9-11-5-3-7-19-11/h2,4,6,8,11,14H,3,5,7,9H2,1H3,(H,15,16)/t11-/m0/s1. The Morgan fingerprint density at radius 1 is 1.45 bits per heavy atom. The molecule has 0 spiro atoms. The van der Waals surface area contributed by atoms with E-state index >= 15 is 0 Å². The fourth-order valence-electron chi connectivity index (χ4n) is 2.04. The summed E-state index contributed by atoms with van der Waals surface area (Å²) >= 11 is 0. The first kappa shape index (κ1) is 15.0. The third kappa shape index (κ3) is 3.56. The predicted molar refractivity (Wildman–Crippen MR) is 74.0 cm³/mol. The summed E-state index contributed by atoms with van der Waals surface area (Å²) in [6.45, 7) is 1.18. The molecule has 0 saturated carbocycles. The molecule has 1 aliphatic heterocycles. The molecule has 0 bridgehead atoms. The van der Waals surface area contributed by atoms with Gasteiger partial charge in [0.15, 0.2) is 0 Å². The lowest BCUT2D eigenvalue weighted by molar-refractivity contribution is 0.0857. The first-order valence-corrected chi connectivity index (χ1v) is 7.94. The first-order chi connectivity index (χ1) is 9.53. The van der Waals surface area contributed by atoms with Crippen LogP contribution in [0.4, 0.5) is 0 Å².